The van der Waals surface area contributed by atoms with Crippen molar-refractivity contribution in [3.8, 4) is 0 Å². The van der Waals surface area contributed by atoms with Crippen LogP contribution in [0.5, 0.6) is 0 Å². The van der Waals surface area contributed by atoms with Crippen molar-refractivity contribution in [3.63, 3.8) is 0 Å². The Bertz CT molecular complexity index is 866. The van der Waals surface area contributed by atoms with E-state index in [2.05, 4.69) is 15.6 Å². The lowest BCUT2D eigenvalue weighted by atomic mass is 9.79. The van der Waals surface area contributed by atoms with Gasteiger partial charge in [-0.3, -0.25) is 4.79 Å². The first-order chi connectivity index (χ1) is 12.3. The van der Waals surface area contributed by atoms with Gasteiger partial charge in [-0.2, -0.15) is 13.2 Å². The van der Waals surface area contributed by atoms with Crippen LogP contribution in [-0.2, 0) is 24.0 Å². The fourth-order valence-electron chi connectivity index (χ4n) is 2.90. The van der Waals surface area contributed by atoms with E-state index in [4.69, 9.17) is 4.65 Å². The van der Waals surface area contributed by atoms with Crippen LogP contribution in [0.25, 0.3) is 0 Å². The summed E-state index contributed by atoms with van der Waals surface area (Å²) in [5.74, 6) is -0.861. The van der Waals surface area contributed by atoms with Crippen molar-refractivity contribution in [2.24, 2.45) is 5.92 Å². The van der Waals surface area contributed by atoms with E-state index >= 15 is 0 Å². The Balaban J connectivity index is 1.60. The van der Waals surface area contributed by atoms with Crippen LogP contribution in [0, 0.1) is 5.92 Å². The Kier molecular flexibility index (Phi) is 4.00. The van der Waals surface area contributed by atoms with Gasteiger partial charge in [0.15, 0.2) is 11.4 Å². The average Bonchev–Trinajstić information content (AvgIpc) is 3.15. The minimum Gasteiger partial charge on any atom is -0.423 e. The Morgan fingerprint density at radius 2 is 2.19 bits per heavy atom. The number of hydrogen-bond donors (Lipinski definition) is 2. The molecule has 0 atom stereocenters. The molecule has 0 bridgehead atoms. The highest BCUT2D eigenvalue weighted by atomic mass is 19.4. The normalized spacial score (nSPS) is 16.7. The summed E-state index contributed by atoms with van der Waals surface area (Å²) in [6, 6.07) is 4.63. The van der Waals surface area contributed by atoms with Crippen molar-refractivity contribution in [3.05, 3.63) is 35.2 Å². The number of nitrogens with one attached hydrogen (secondary N) is 1. The van der Waals surface area contributed by atoms with E-state index < -0.39 is 30.6 Å². The molecule has 2 aromatic rings. The smallest absolute Gasteiger partial charge is 0.423 e. The second kappa shape index (κ2) is 6.10. The zero-order valence-electron chi connectivity index (χ0n) is 13.5. The molecule has 2 N–H and O–H groups in total. The molecule has 0 radical (unpaired) electrons. The van der Waals surface area contributed by atoms with Gasteiger partial charge in [-0.05, 0) is 41.9 Å². The first-order valence-corrected chi connectivity index (χ1v) is 8.07. The summed E-state index contributed by atoms with van der Waals surface area (Å²) in [7, 11) is -1.12. The van der Waals surface area contributed by atoms with Crippen LogP contribution in [-0.4, -0.2) is 33.0 Å². The maximum atomic E-state index is 13.4. The van der Waals surface area contributed by atoms with Gasteiger partial charge in [0.05, 0.1) is 6.61 Å². The Morgan fingerprint density at radius 3 is 2.88 bits per heavy atom. The van der Waals surface area contributed by atoms with Crippen LogP contribution >= 0.6 is 0 Å². The topological polar surface area (TPSA) is 89.3 Å². The molecular formula is C15H14BF3N4O3. The number of rotatable bonds is 4. The zero-order valence-corrected chi connectivity index (χ0v) is 13.5. The molecule has 0 spiro atoms. The first kappa shape index (κ1) is 17.0. The van der Waals surface area contributed by atoms with Gasteiger partial charge >= 0.3 is 13.3 Å². The molecule has 136 valence electrons. The molecule has 7 nitrogen and oxygen atoms in total. The fourth-order valence-corrected chi connectivity index (χ4v) is 2.90. The van der Waals surface area contributed by atoms with Crippen molar-refractivity contribution in [1.29, 1.82) is 0 Å². The van der Waals surface area contributed by atoms with Gasteiger partial charge in [-0.1, -0.05) is 11.3 Å². The quantitative estimate of drug-likeness (QED) is 0.794. The van der Waals surface area contributed by atoms with E-state index in [-0.39, 0.29) is 24.8 Å². The molecule has 1 amide bonds. The molecule has 4 rings (SSSR count). The second-order valence-electron chi connectivity index (χ2n) is 6.44. The molecule has 11 heteroatoms. The predicted octanol–water partition coefficient (Wildman–Crippen LogP) is 1.18. The van der Waals surface area contributed by atoms with Gasteiger partial charge in [0.1, 0.15) is 0 Å². The molecule has 1 aliphatic heterocycles. The number of benzene rings is 1. The molecule has 0 saturated heterocycles. The zero-order chi connectivity index (χ0) is 18.5. The molecule has 1 fully saturated rings. The number of amides is 1. The maximum absolute atomic E-state index is 13.4. The van der Waals surface area contributed by atoms with Crippen LogP contribution < -0.4 is 10.8 Å². The summed E-state index contributed by atoms with van der Waals surface area (Å²) in [6.07, 6.45) is -3.05. The molecule has 26 heavy (non-hydrogen) atoms. The molecular weight excluding hydrogens is 352 g/mol. The number of alkyl halides is 3. The number of nitrogens with zero attached hydrogens (tertiary/aromatic N) is 3. The third kappa shape index (κ3) is 3.19. The number of aromatic nitrogens is 3. The van der Waals surface area contributed by atoms with Gasteiger partial charge in [0.2, 0.25) is 0 Å². The van der Waals surface area contributed by atoms with E-state index in [0.29, 0.717) is 5.46 Å². The third-order valence-corrected chi connectivity index (χ3v) is 4.41. The van der Waals surface area contributed by atoms with E-state index in [1.807, 2.05) is 0 Å². The highest BCUT2D eigenvalue weighted by Crippen LogP contribution is 2.35. The number of carbonyl (C=O) groups is 1. The molecule has 1 saturated carbocycles. The number of hydrogen-bond acceptors (Lipinski definition) is 5. The highest BCUT2D eigenvalue weighted by molar-refractivity contribution is 6.61. The van der Waals surface area contributed by atoms with Crippen molar-refractivity contribution in [1.82, 2.24) is 15.0 Å². The number of halogens is 3. The highest BCUT2D eigenvalue weighted by Gasteiger charge is 2.42. The summed E-state index contributed by atoms with van der Waals surface area (Å²) >= 11 is 0. The largest absolute Gasteiger partial charge is 0.491 e. The van der Waals surface area contributed by atoms with Crippen molar-refractivity contribution in [2.45, 2.75) is 32.2 Å². The van der Waals surface area contributed by atoms with Gasteiger partial charge in [0, 0.05) is 12.2 Å². The van der Waals surface area contributed by atoms with Gasteiger partial charge in [-0.25, -0.2) is 4.68 Å². The maximum Gasteiger partial charge on any atom is 0.491 e. The SMILES string of the molecule is O=C(Nc1ccc2c(c1)B(O)OC2)c1nnn(CC2CC2)c1C(F)(F)F. The Hall–Kier alpha value is -2.40. The van der Waals surface area contributed by atoms with Gasteiger partial charge < -0.3 is 15.0 Å². The first-order valence-electron chi connectivity index (χ1n) is 8.07. The molecule has 1 aromatic heterocycles. The van der Waals surface area contributed by atoms with E-state index in [1.54, 1.807) is 6.07 Å². The lowest BCUT2D eigenvalue weighted by molar-refractivity contribution is -0.144. The van der Waals surface area contributed by atoms with Gasteiger partial charge in [0.25, 0.3) is 5.91 Å². The Morgan fingerprint density at radius 1 is 1.42 bits per heavy atom. The average molecular weight is 366 g/mol. The van der Waals surface area contributed by atoms with Crippen LogP contribution in [0.15, 0.2) is 18.2 Å². The van der Waals surface area contributed by atoms with Gasteiger partial charge in [-0.15, -0.1) is 5.10 Å². The second-order valence-corrected chi connectivity index (χ2v) is 6.44. The summed E-state index contributed by atoms with van der Waals surface area (Å²) in [4.78, 5) is 12.4. The van der Waals surface area contributed by atoms with Crippen LogP contribution in [0.4, 0.5) is 18.9 Å². The number of fused-ring (bicyclic) bond motifs is 1. The lowest BCUT2D eigenvalue weighted by Crippen LogP contribution is -2.28. The number of anilines is 1. The third-order valence-electron chi connectivity index (χ3n) is 4.41. The fraction of sp³-hybridized carbons (Fsp3) is 0.400. The molecule has 1 aromatic carbocycles. The monoisotopic (exact) mass is 366 g/mol. The molecule has 2 heterocycles. The lowest BCUT2D eigenvalue weighted by Gasteiger charge is -2.11. The van der Waals surface area contributed by atoms with Crippen molar-refractivity contribution in [2.75, 3.05) is 5.32 Å². The van der Waals surface area contributed by atoms with Crippen LogP contribution in [0.1, 0.15) is 34.6 Å². The summed E-state index contributed by atoms with van der Waals surface area (Å²) < 4.78 is 46.0. The standard InChI is InChI=1S/C15H14BF3N4O3/c17-15(18,19)13-12(21-22-23(13)6-8-1-2-8)14(24)20-10-4-3-9-7-26-16(25)11(9)5-10/h3-5,8,25H,1-2,6-7H2,(H,20,24). The summed E-state index contributed by atoms with van der Waals surface area (Å²) in [6.45, 7) is 0.329. The van der Waals surface area contributed by atoms with E-state index in [1.165, 1.54) is 12.1 Å². The van der Waals surface area contributed by atoms with Crippen molar-refractivity contribution < 1.29 is 27.6 Å². The summed E-state index contributed by atoms with van der Waals surface area (Å²) in [5.41, 5.74) is -0.455. The molecule has 2 aliphatic rings. The minimum atomic E-state index is -4.74. The summed E-state index contributed by atoms with van der Waals surface area (Å²) in [5, 5.41) is 19.0. The predicted molar refractivity (Wildman–Crippen MR) is 84.5 cm³/mol. The van der Waals surface area contributed by atoms with Crippen molar-refractivity contribution >= 4 is 24.2 Å². The van der Waals surface area contributed by atoms with E-state index in [9.17, 15) is 23.0 Å². The number of carbonyl (C=O) groups excluding carboxylic acids is 1. The molecule has 0 unspecified atom stereocenters. The van der Waals surface area contributed by atoms with Crippen LogP contribution in [0.2, 0.25) is 0 Å². The Labute approximate surface area is 146 Å². The van der Waals surface area contributed by atoms with E-state index in [0.717, 1.165) is 23.1 Å². The minimum absolute atomic E-state index is 0.0947. The molecule has 1 aliphatic carbocycles. The van der Waals surface area contributed by atoms with Crippen LogP contribution in [0.3, 0.4) is 0 Å².